The van der Waals surface area contributed by atoms with Gasteiger partial charge in [-0.15, -0.1) is 0 Å². The zero-order valence-corrected chi connectivity index (χ0v) is 7.51. The molecule has 84 valence electrons. The number of carbonyl (C=O) groups excluding carboxylic acids is 2. The van der Waals surface area contributed by atoms with E-state index in [1.54, 1.807) is 5.32 Å². The third-order valence-electron chi connectivity index (χ3n) is 1.63. The summed E-state index contributed by atoms with van der Waals surface area (Å²) in [6.07, 6.45) is -4.16. The maximum atomic E-state index is 12.2. The molecule has 1 aliphatic heterocycles. The van der Waals surface area contributed by atoms with Gasteiger partial charge in [-0.3, -0.25) is 0 Å². The summed E-state index contributed by atoms with van der Waals surface area (Å²) in [5.41, 5.74) is -1.28. The minimum Gasteiger partial charge on any atom is -0.467 e. The van der Waals surface area contributed by atoms with E-state index in [1.165, 1.54) is 0 Å². The van der Waals surface area contributed by atoms with E-state index in [-0.39, 0.29) is 0 Å². The molecule has 0 saturated heterocycles. The van der Waals surface area contributed by atoms with E-state index in [9.17, 15) is 22.8 Å². The summed E-state index contributed by atoms with van der Waals surface area (Å²) in [5.74, 6) is -0.966. The minimum atomic E-state index is -4.70. The lowest BCUT2D eigenvalue weighted by molar-refractivity contribution is -0.141. The fraction of sp³-hybridized carbons (Fsp3) is 0.429. The highest BCUT2D eigenvalue weighted by molar-refractivity contribution is 5.88. The Morgan fingerprint density at radius 1 is 1.53 bits per heavy atom. The number of carbonyl (C=O) groups is 2. The van der Waals surface area contributed by atoms with Gasteiger partial charge in [0.15, 0.2) is 0 Å². The third kappa shape index (κ3) is 2.61. The number of allylic oxidation sites excluding steroid dienone is 1. The van der Waals surface area contributed by atoms with Crippen molar-refractivity contribution in [3.8, 4) is 0 Å². The van der Waals surface area contributed by atoms with Gasteiger partial charge in [0.05, 0.1) is 7.11 Å². The van der Waals surface area contributed by atoms with Gasteiger partial charge in [0.25, 0.3) is 0 Å². The van der Waals surface area contributed by atoms with Crippen LogP contribution in [0.15, 0.2) is 11.8 Å². The lowest BCUT2D eigenvalue weighted by atomic mass is 10.2. The van der Waals surface area contributed by atoms with Crippen LogP contribution < -0.4 is 10.6 Å². The molecule has 0 aromatic heterocycles. The van der Waals surface area contributed by atoms with Crippen molar-refractivity contribution in [3.05, 3.63) is 11.8 Å². The Hall–Kier alpha value is -1.73. The second-order valence-electron chi connectivity index (χ2n) is 2.68. The van der Waals surface area contributed by atoms with E-state index in [0.717, 1.165) is 7.11 Å². The van der Waals surface area contributed by atoms with Gasteiger partial charge >= 0.3 is 18.2 Å². The van der Waals surface area contributed by atoms with Crippen LogP contribution in [0.5, 0.6) is 0 Å². The van der Waals surface area contributed by atoms with Gasteiger partial charge < -0.3 is 15.4 Å². The Balaban J connectivity index is 2.93. The molecular weight excluding hydrogens is 217 g/mol. The SMILES string of the molecule is COC(=O)[C@H]1C=C(C(F)(F)F)NC(=O)N1. The van der Waals surface area contributed by atoms with E-state index in [1.807, 2.05) is 5.32 Å². The largest absolute Gasteiger partial charge is 0.467 e. The van der Waals surface area contributed by atoms with Crippen molar-refractivity contribution in [1.29, 1.82) is 0 Å². The van der Waals surface area contributed by atoms with Crippen LogP contribution in [0.4, 0.5) is 18.0 Å². The highest BCUT2D eigenvalue weighted by Crippen LogP contribution is 2.25. The maximum Gasteiger partial charge on any atom is 0.431 e. The van der Waals surface area contributed by atoms with Crippen molar-refractivity contribution in [1.82, 2.24) is 10.6 Å². The number of methoxy groups -OCH3 is 1. The van der Waals surface area contributed by atoms with E-state index < -0.39 is 29.9 Å². The molecule has 0 aliphatic carbocycles. The minimum absolute atomic E-state index is 0.549. The third-order valence-corrected chi connectivity index (χ3v) is 1.63. The van der Waals surface area contributed by atoms with Gasteiger partial charge in [0.2, 0.25) is 0 Å². The molecule has 0 saturated carbocycles. The summed E-state index contributed by atoms with van der Waals surface area (Å²) in [4.78, 5) is 21.7. The predicted molar refractivity (Wildman–Crippen MR) is 41.6 cm³/mol. The van der Waals surface area contributed by atoms with E-state index in [0.29, 0.717) is 6.08 Å². The first-order chi connectivity index (χ1) is 6.84. The zero-order valence-electron chi connectivity index (χ0n) is 7.51. The molecule has 0 unspecified atom stereocenters. The molecule has 0 aromatic carbocycles. The first kappa shape index (κ1) is 11.3. The van der Waals surface area contributed by atoms with Crippen molar-refractivity contribution in [2.75, 3.05) is 7.11 Å². The maximum absolute atomic E-state index is 12.2. The number of hydrogen-bond donors (Lipinski definition) is 2. The number of ether oxygens (including phenoxy) is 1. The molecule has 15 heavy (non-hydrogen) atoms. The second kappa shape index (κ2) is 3.79. The molecule has 5 nitrogen and oxygen atoms in total. The van der Waals surface area contributed by atoms with Crippen LogP contribution in [0, 0.1) is 0 Å². The Kier molecular flexibility index (Phi) is 2.87. The van der Waals surface area contributed by atoms with Crippen LogP contribution in [0.2, 0.25) is 0 Å². The highest BCUT2D eigenvalue weighted by Gasteiger charge is 2.39. The Bertz CT molecular complexity index is 324. The Morgan fingerprint density at radius 3 is 2.60 bits per heavy atom. The first-order valence-corrected chi connectivity index (χ1v) is 3.79. The summed E-state index contributed by atoms with van der Waals surface area (Å²) < 4.78 is 40.8. The number of esters is 1. The molecule has 0 fully saturated rings. The number of urea groups is 1. The highest BCUT2D eigenvalue weighted by atomic mass is 19.4. The van der Waals surface area contributed by atoms with Gasteiger partial charge in [-0.2, -0.15) is 13.2 Å². The second-order valence-corrected chi connectivity index (χ2v) is 2.68. The first-order valence-electron chi connectivity index (χ1n) is 3.79. The summed E-state index contributed by atoms with van der Waals surface area (Å²) >= 11 is 0. The van der Waals surface area contributed by atoms with Gasteiger partial charge in [-0.1, -0.05) is 0 Å². The quantitative estimate of drug-likeness (QED) is 0.629. The Morgan fingerprint density at radius 2 is 2.13 bits per heavy atom. The average Bonchev–Trinajstić information content (AvgIpc) is 2.14. The van der Waals surface area contributed by atoms with Crippen LogP contribution in [0.3, 0.4) is 0 Å². The zero-order chi connectivity index (χ0) is 11.6. The summed E-state index contributed by atoms with van der Waals surface area (Å²) in [5, 5.41) is 3.51. The number of hydrogen-bond acceptors (Lipinski definition) is 3. The number of rotatable bonds is 1. The fourth-order valence-electron chi connectivity index (χ4n) is 0.969. The predicted octanol–water partition coefficient (Wildman–Crippen LogP) is 0.287. The fourth-order valence-corrected chi connectivity index (χ4v) is 0.969. The van der Waals surface area contributed by atoms with Crippen LogP contribution in [0.25, 0.3) is 0 Å². The van der Waals surface area contributed by atoms with E-state index >= 15 is 0 Å². The molecular formula is C7H7F3N2O3. The van der Waals surface area contributed by atoms with Crippen molar-refractivity contribution in [3.63, 3.8) is 0 Å². The van der Waals surface area contributed by atoms with E-state index in [4.69, 9.17) is 0 Å². The molecule has 1 heterocycles. The van der Waals surface area contributed by atoms with Gasteiger partial charge in [0, 0.05) is 0 Å². The van der Waals surface area contributed by atoms with Gasteiger partial charge in [0.1, 0.15) is 11.7 Å². The number of amides is 2. The summed E-state index contributed by atoms with van der Waals surface area (Å²) in [7, 11) is 1.01. The molecule has 2 N–H and O–H groups in total. The molecule has 0 radical (unpaired) electrons. The molecule has 8 heteroatoms. The van der Waals surface area contributed by atoms with Gasteiger partial charge in [-0.05, 0) is 6.08 Å². The van der Waals surface area contributed by atoms with Crippen LogP contribution >= 0.6 is 0 Å². The van der Waals surface area contributed by atoms with Crippen molar-refractivity contribution < 1.29 is 27.5 Å². The molecule has 2 amide bonds. The van der Waals surface area contributed by atoms with Crippen molar-refractivity contribution in [2.24, 2.45) is 0 Å². The van der Waals surface area contributed by atoms with E-state index in [2.05, 4.69) is 4.74 Å². The summed E-state index contributed by atoms with van der Waals surface area (Å²) in [6, 6.07) is -2.51. The Labute approximate surface area is 82.3 Å². The normalized spacial score (nSPS) is 21.2. The van der Waals surface area contributed by atoms with Crippen LogP contribution in [0.1, 0.15) is 0 Å². The average molecular weight is 224 g/mol. The van der Waals surface area contributed by atoms with Crippen molar-refractivity contribution >= 4 is 12.0 Å². The topological polar surface area (TPSA) is 67.4 Å². The molecule has 1 aliphatic rings. The van der Waals surface area contributed by atoms with Crippen LogP contribution in [-0.2, 0) is 9.53 Å². The standard InChI is InChI=1S/C7H7F3N2O3/c1-15-5(13)3-2-4(7(8,9)10)12-6(14)11-3/h2-3H,1H3,(H2,11,12,14)/t3-/m1/s1. The molecule has 1 rings (SSSR count). The lowest BCUT2D eigenvalue weighted by Gasteiger charge is -2.22. The number of halogens is 3. The molecule has 1 atom stereocenters. The molecule has 0 bridgehead atoms. The number of alkyl halides is 3. The molecule has 0 aromatic rings. The monoisotopic (exact) mass is 224 g/mol. The number of nitrogens with one attached hydrogen (secondary N) is 2. The smallest absolute Gasteiger partial charge is 0.431 e. The lowest BCUT2D eigenvalue weighted by Crippen LogP contribution is -2.51. The van der Waals surface area contributed by atoms with Crippen LogP contribution in [-0.4, -0.2) is 31.3 Å². The summed E-state index contributed by atoms with van der Waals surface area (Å²) in [6.45, 7) is 0. The molecule has 0 spiro atoms. The van der Waals surface area contributed by atoms with Gasteiger partial charge in [-0.25, -0.2) is 9.59 Å². The van der Waals surface area contributed by atoms with Crippen molar-refractivity contribution in [2.45, 2.75) is 12.2 Å².